The lowest BCUT2D eigenvalue weighted by Gasteiger charge is -2.31. The van der Waals surface area contributed by atoms with Crippen molar-refractivity contribution >= 4 is 20.9 Å². The Bertz CT molecular complexity index is 1050. The highest BCUT2D eigenvalue weighted by atomic mass is 32.2. The molecule has 1 atom stereocenters. The van der Waals surface area contributed by atoms with Gasteiger partial charge in [0.15, 0.2) is 0 Å². The van der Waals surface area contributed by atoms with Crippen molar-refractivity contribution < 1.29 is 8.42 Å². The van der Waals surface area contributed by atoms with Crippen LogP contribution in [0.3, 0.4) is 0 Å². The lowest BCUT2D eigenvalue weighted by molar-refractivity contribution is 0.239. The van der Waals surface area contributed by atoms with Gasteiger partial charge in [-0.3, -0.25) is 4.90 Å². The van der Waals surface area contributed by atoms with Crippen LogP contribution in [0.2, 0.25) is 0 Å². The van der Waals surface area contributed by atoms with Gasteiger partial charge >= 0.3 is 0 Å². The predicted molar refractivity (Wildman–Crippen MR) is 98.2 cm³/mol. The number of para-hydroxylation sites is 1. The molecule has 1 saturated heterocycles. The summed E-state index contributed by atoms with van der Waals surface area (Å²) < 4.78 is 28.7. The molecule has 0 amide bonds. The zero-order chi connectivity index (χ0) is 17.0. The van der Waals surface area contributed by atoms with Gasteiger partial charge in [-0.25, -0.2) is 12.4 Å². The highest BCUT2D eigenvalue weighted by Gasteiger charge is 2.38. The Morgan fingerprint density at radius 2 is 1.68 bits per heavy atom. The molecule has 0 bridgehead atoms. The summed E-state index contributed by atoms with van der Waals surface area (Å²) in [5.74, 6) is 0. The van der Waals surface area contributed by atoms with Crippen LogP contribution in [0, 0.1) is 0 Å². The van der Waals surface area contributed by atoms with Gasteiger partial charge in [0.1, 0.15) is 0 Å². The number of rotatable bonds is 2. The normalized spacial score (nSPS) is 20.6. The van der Waals surface area contributed by atoms with Gasteiger partial charge in [-0.05, 0) is 49.6 Å². The molecule has 0 spiro atoms. The zero-order valence-electron chi connectivity index (χ0n) is 13.9. The summed E-state index contributed by atoms with van der Waals surface area (Å²) in [5, 5.41) is 1.09. The Kier molecular flexibility index (Phi) is 3.30. The molecule has 1 aromatic heterocycles. The van der Waals surface area contributed by atoms with Crippen LogP contribution >= 0.6 is 0 Å². The largest absolute Gasteiger partial charge is 0.294 e. The quantitative estimate of drug-likeness (QED) is 0.708. The average Bonchev–Trinajstić information content (AvgIpc) is 3.24. The van der Waals surface area contributed by atoms with Gasteiger partial charge in [-0.1, -0.05) is 36.4 Å². The minimum absolute atomic E-state index is 0.217. The summed E-state index contributed by atoms with van der Waals surface area (Å²) in [4.78, 5) is 2.80. The molecule has 3 heterocycles. The number of hydrogen-bond donors (Lipinski definition) is 0. The maximum atomic E-state index is 13.5. The van der Waals surface area contributed by atoms with Gasteiger partial charge in [0, 0.05) is 11.9 Å². The van der Waals surface area contributed by atoms with Crippen LogP contribution < -0.4 is 0 Å². The molecule has 0 saturated carbocycles. The van der Waals surface area contributed by atoms with Crippen molar-refractivity contribution in [3.8, 4) is 0 Å². The highest BCUT2D eigenvalue weighted by molar-refractivity contribution is 7.90. The van der Waals surface area contributed by atoms with E-state index in [1.807, 2.05) is 24.3 Å². The first-order chi connectivity index (χ1) is 12.2. The fourth-order valence-electron chi connectivity index (χ4n) is 4.51. The maximum absolute atomic E-state index is 13.5. The highest BCUT2D eigenvalue weighted by Crippen LogP contribution is 2.43. The molecule has 0 radical (unpaired) electrons. The van der Waals surface area contributed by atoms with E-state index in [-0.39, 0.29) is 6.04 Å². The van der Waals surface area contributed by atoms with Gasteiger partial charge in [0.25, 0.3) is 10.0 Å². The van der Waals surface area contributed by atoms with Crippen LogP contribution in [0.15, 0.2) is 59.5 Å². The van der Waals surface area contributed by atoms with Crippen LogP contribution in [0.25, 0.3) is 10.9 Å². The smallest absolute Gasteiger partial charge is 0.268 e. The maximum Gasteiger partial charge on any atom is 0.268 e. The van der Waals surface area contributed by atoms with Gasteiger partial charge in [-0.2, -0.15) is 0 Å². The summed E-state index contributed by atoms with van der Waals surface area (Å²) in [6, 6.07) is 16.9. The fraction of sp³-hybridized carbons (Fsp3) is 0.300. The molecule has 5 rings (SSSR count). The lowest BCUT2D eigenvalue weighted by Crippen LogP contribution is -2.33. The number of hydrogen-bond acceptors (Lipinski definition) is 3. The molecule has 0 unspecified atom stereocenters. The molecule has 128 valence electrons. The Labute approximate surface area is 147 Å². The summed E-state index contributed by atoms with van der Waals surface area (Å²) in [5.41, 5.74) is 3.03. The van der Waals surface area contributed by atoms with Crippen molar-refractivity contribution in [2.45, 2.75) is 30.2 Å². The lowest BCUT2D eigenvalue weighted by atomic mass is 9.98. The van der Waals surface area contributed by atoms with Crippen LogP contribution in [0.4, 0.5) is 0 Å². The van der Waals surface area contributed by atoms with E-state index in [9.17, 15) is 8.42 Å². The Morgan fingerprint density at radius 1 is 0.920 bits per heavy atom. The molecular formula is C20H20N2O2S. The van der Waals surface area contributed by atoms with E-state index in [0.717, 1.165) is 48.9 Å². The number of fused-ring (bicyclic) bond motifs is 5. The Morgan fingerprint density at radius 3 is 2.52 bits per heavy atom. The first-order valence-corrected chi connectivity index (χ1v) is 10.3. The van der Waals surface area contributed by atoms with Crippen LogP contribution in [0.1, 0.15) is 30.1 Å². The van der Waals surface area contributed by atoms with Gasteiger partial charge < -0.3 is 0 Å². The van der Waals surface area contributed by atoms with E-state index in [0.29, 0.717) is 4.90 Å². The molecular weight excluding hydrogens is 332 g/mol. The molecule has 0 N–H and O–H groups in total. The second-order valence-corrected chi connectivity index (χ2v) is 8.69. The topological polar surface area (TPSA) is 42.3 Å². The molecule has 4 nitrogen and oxygen atoms in total. The van der Waals surface area contributed by atoms with E-state index < -0.39 is 10.0 Å². The second kappa shape index (κ2) is 5.44. The van der Waals surface area contributed by atoms with E-state index in [1.165, 1.54) is 5.56 Å². The summed E-state index contributed by atoms with van der Waals surface area (Å²) in [6.45, 7) is 2.09. The predicted octanol–water partition coefficient (Wildman–Crippen LogP) is 3.57. The molecule has 5 heteroatoms. The van der Waals surface area contributed by atoms with Crippen LogP contribution in [-0.4, -0.2) is 30.4 Å². The van der Waals surface area contributed by atoms with Crippen molar-refractivity contribution in [2.75, 3.05) is 13.1 Å². The van der Waals surface area contributed by atoms with E-state index in [1.54, 1.807) is 28.2 Å². The van der Waals surface area contributed by atoms with Gasteiger partial charge in [-0.15, -0.1) is 0 Å². The first-order valence-electron chi connectivity index (χ1n) is 8.85. The molecule has 2 aliphatic rings. The summed E-state index contributed by atoms with van der Waals surface area (Å²) in [7, 11) is -3.61. The van der Waals surface area contributed by atoms with E-state index in [4.69, 9.17) is 0 Å². The monoisotopic (exact) mass is 352 g/mol. The Balaban J connectivity index is 1.86. The first kappa shape index (κ1) is 15.2. The van der Waals surface area contributed by atoms with Crippen LogP contribution in [0.5, 0.6) is 0 Å². The molecule has 1 fully saturated rings. The third kappa shape index (κ3) is 2.12. The number of nitrogens with zero attached hydrogens (tertiary/aromatic N) is 2. The third-order valence-electron chi connectivity index (χ3n) is 5.59. The Hall–Kier alpha value is -2.11. The van der Waals surface area contributed by atoms with Gasteiger partial charge in [0.05, 0.1) is 22.1 Å². The summed E-state index contributed by atoms with van der Waals surface area (Å²) in [6.07, 6.45) is 3.09. The number of aromatic nitrogens is 1. The third-order valence-corrected chi connectivity index (χ3v) is 7.33. The SMILES string of the molecule is O=S(=O)(c1ccccc1)n1c2c(c3ccccc31)CCN1CCC[C@@H]21. The van der Waals surface area contributed by atoms with Crippen molar-refractivity contribution in [1.82, 2.24) is 8.87 Å². The van der Waals surface area contributed by atoms with Crippen molar-refractivity contribution in [3.05, 3.63) is 65.9 Å². The standard InChI is InChI=1S/C20H20N2O2S/c23-25(24,15-7-2-1-3-8-15)22-18-10-5-4-9-16(18)17-12-14-21-13-6-11-19(21)20(17)22/h1-5,7-10,19H,6,11-14H2/t19-/m0/s1. The van der Waals surface area contributed by atoms with Crippen molar-refractivity contribution in [2.24, 2.45) is 0 Å². The van der Waals surface area contributed by atoms with E-state index in [2.05, 4.69) is 11.0 Å². The van der Waals surface area contributed by atoms with Gasteiger partial charge in [0.2, 0.25) is 0 Å². The average molecular weight is 352 g/mol. The second-order valence-electron chi connectivity index (χ2n) is 6.91. The molecule has 2 aromatic carbocycles. The zero-order valence-corrected chi connectivity index (χ0v) is 14.7. The number of benzene rings is 2. The fourth-order valence-corrected chi connectivity index (χ4v) is 6.13. The van der Waals surface area contributed by atoms with E-state index >= 15 is 0 Å². The minimum atomic E-state index is -3.61. The molecule has 0 aliphatic carbocycles. The van der Waals surface area contributed by atoms with Crippen molar-refractivity contribution in [1.29, 1.82) is 0 Å². The minimum Gasteiger partial charge on any atom is -0.294 e. The molecule has 25 heavy (non-hydrogen) atoms. The molecule has 3 aromatic rings. The van der Waals surface area contributed by atoms with Crippen molar-refractivity contribution in [3.63, 3.8) is 0 Å². The van der Waals surface area contributed by atoms with Crippen LogP contribution in [-0.2, 0) is 16.4 Å². The molecule has 2 aliphatic heterocycles. The summed E-state index contributed by atoms with van der Waals surface area (Å²) >= 11 is 0.